The Balaban J connectivity index is 1.82. The number of likely N-dealkylation sites (N-methyl/N-ethyl adjacent to an activating group) is 1. The number of nitrogens with one attached hydrogen (secondary N) is 1. The van der Waals surface area contributed by atoms with Crippen LogP contribution < -0.4 is 5.32 Å². The molecule has 1 heterocycles. The van der Waals surface area contributed by atoms with Crippen molar-refractivity contribution in [1.82, 2.24) is 15.1 Å². The Bertz CT molecular complexity index is 377. The van der Waals surface area contributed by atoms with Gasteiger partial charge in [-0.2, -0.15) is 0 Å². The molecule has 1 fully saturated rings. The molecule has 0 unspecified atom stereocenters. The average molecular weight is 261 g/mol. The number of nitrogens with zero attached hydrogens (tertiary/aromatic N) is 2. The SMILES string of the molecule is Cc1cccc(C)c1CN(C)CCN1CCNCC1. The molecule has 0 amide bonds. The molecule has 19 heavy (non-hydrogen) atoms. The summed E-state index contributed by atoms with van der Waals surface area (Å²) in [5, 5.41) is 3.40. The van der Waals surface area contributed by atoms with Crippen LogP contribution in [0.2, 0.25) is 0 Å². The van der Waals surface area contributed by atoms with E-state index in [9.17, 15) is 0 Å². The van der Waals surface area contributed by atoms with Crippen molar-refractivity contribution in [3.05, 3.63) is 34.9 Å². The van der Waals surface area contributed by atoms with Gasteiger partial charge in [0.1, 0.15) is 0 Å². The Morgan fingerprint density at radius 1 is 1.16 bits per heavy atom. The van der Waals surface area contributed by atoms with Gasteiger partial charge < -0.3 is 10.2 Å². The molecule has 0 bridgehead atoms. The van der Waals surface area contributed by atoms with Gasteiger partial charge in [0.15, 0.2) is 0 Å². The van der Waals surface area contributed by atoms with E-state index in [1.54, 1.807) is 0 Å². The topological polar surface area (TPSA) is 18.5 Å². The number of hydrogen-bond acceptors (Lipinski definition) is 3. The van der Waals surface area contributed by atoms with Crippen molar-refractivity contribution in [3.8, 4) is 0 Å². The number of piperazine rings is 1. The van der Waals surface area contributed by atoms with Crippen LogP contribution >= 0.6 is 0 Å². The number of aryl methyl sites for hydroxylation is 2. The normalized spacial score (nSPS) is 17.1. The lowest BCUT2D eigenvalue weighted by molar-refractivity contribution is 0.202. The van der Waals surface area contributed by atoms with Gasteiger partial charge in [-0.15, -0.1) is 0 Å². The summed E-state index contributed by atoms with van der Waals surface area (Å²) >= 11 is 0. The predicted molar refractivity (Wildman–Crippen MR) is 81.6 cm³/mol. The molecule has 106 valence electrons. The van der Waals surface area contributed by atoms with Gasteiger partial charge in [-0.05, 0) is 37.6 Å². The van der Waals surface area contributed by atoms with Crippen molar-refractivity contribution in [2.45, 2.75) is 20.4 Å². The first-order chi connectivity index (χ1) is 9.16. The summed E-state index contributed by atoms with van der Waals surface area (Å²) < 4.78 is 0. The Labute approximate surface area is 117 Å². The second-order valence-electron chi connectivity index (χ2n) is 5.70. The Morgan fingerprint density at radius 2 is 1.79 bits per heavy atom. The summed E-state index contributed by atoms with van der Waals surface area (Å²) in [6, 6.07) is 6.58. The van der Waals surface area contributed by atoms with Gasteiger partial charge in [0, 0.05) is 45.8 Å². The number of rotatable bonds is 5. The largest absolute Gasteiger partial charge is 0.314 e. The summed E-state index contributed by atoms with van der Waals surface area (Å²) in [5.41, 5.74) is 4.31. The fourth-order valence-corrected chi connectivity index (χ4v) is 2.69. The fourth-order valence-electron chi connectivity index (χ4n) is 2.69. The van der Waals surface area contributed by atoms with E-state index >= 15 is 0 Å². The highest BCUT2D eigenvalue weighted by Crippen LogP contribution is 2.15. The highest BCUT2D eigenvalue weighted by Gasteiger charge is 2.11. The zero-order valence-corrected chi connectivity index (χ0v) is 12.6. The number of hydrogen-bond donors (Lipinski definition) is 1. The minimum Gasteiger partial charge on any atom is -0.314 e. The predicted octanol–water partition coefficient (Wildman–Crippen LogP) is 1.64. The zero-order chi connectivity index (χ0) is 13.7. The standard InChI is InChI=1S/C16H27N3/c1-14-5-4-6-15(2)16(14)13-18(3)11-12-19-9-7-17-8-10-19/h4-6,17H,7-13H2,1-3H3. The van der Waals surface area contributed by atoms with E-state index in [4.69, 9.17) is 0 Å². The minimum atomic E-state index is 1.06. The van der Waals surface area contributed by atoms with Crippen LogP contribution in [0.4, 0.5) is 0 Å². The molecule has 0 aromatic heterocycles. The second-order valence-corrected chi connectivity index (χ2v) is 5.70. The lowest BCUT2D eigenvalue weighted by Gasteiger charge is -2.29. The summed E-state index contributed by atoms with van der Waals surface area (Å²) in [5.74, 6) is 0. The fraction of sp³-hybridized carbons (Fsp3) is 0.625. The molecule has 1 N–H and O–H groups in total. The summed E-state index contributed by atoms with van der Waals surface area (Å²) in [6.45, 7) is 12.5. The molecule has 1 aliphatic heterocycles. The Morgan fingerprint density at radius 3 is 2.42 bits per heavy atom. The molecular weight excluding hydrogens is 234 g/mol. The smallest absolute Gasteiger partial charge is 0.0236 e. The molecule has 1 aromatic carbocycles. The number of benzene rings is 1. The lowest BCUT2D eigenvalue weighted by Crippen LogP contribution is -2.45. The van der Waals surface area contributed by atoms with E-state index in [0.29, 0.717) is 0 Å². The molecule has 1 saturated heterocycles. The maximum atomic E-state index is 3.40. The monoisotopic (exact) mass is 261 g/mol. The first-order valence-electron chi connectivity index (χ1n) is 7.33. The molecule has 1 aromatic rings. The van der Waals surface area contributed by atoms with Crippen LogP contribution in [0.25, 0.3) is 0 Å². The van der Waals surface area contributed by atoms with Crippen LogP contribution in [0.15, 0.2) is 18.2 Å². The molecule has 1 aliphatic rings. The van der Waals surface area contributed by atoms with Gasteiger partial charge in [-0.25, -0.2) is 0 Å². The van der Waals surface area contributed by atoms with Crippen molar-refractivity contribution >= 4 is 0 Å². The molecule has 0 atom stereocenters. The highest BCUT2D eigenvalue weighted by atomic mass is 15.2. The van der Waals surface area contributed by atoms with Crippen molar-refractivity contribution in [2.75, 3.05) is 46.3 Å². The van der Waals surface area contributed by atoms with E-state index in [2.05, 4.69) is 54.2 Å². The summed E-state index contributed by atoms with van der Waals surface area (Å²) in [4.78, 5) is 5.00. The molecule has 3 heteroatoms. The van der Waals surface area contributed by atoms with Gasteiger partial charge in [0.25, 0.3) is 0 Å². The highest BCUT2D eigenvalue weighted by molar-refractivity contribution is 5.33. The van der Waals surface area contributed by atoms with Gasteiger partial charge in [-0.1, -0.05) is 18.2 Å². The van der Waals surface area contributed by atoms with Crippen LogP contribution in [-0.4, -0.2) is 56.1 Å². The van der Waals surface area contributed by atoms with E-state index < -0.39 is 0 Å². The molecule has 0 radical (unpaired) electrons. The van der Waals surface area contributed by atoms with E-state index in [1.807, 2.05) is 0 Å². The van der Waals surface area contributed by atoms with Crippen molar-refractivity contribution in [1.29, 1.82) is 0 Å². The van der Waals surface area contributed by atoms with Gasteiger partial charge >= 0.3 is 0 Å². The van der Waals surface area contributed by atoms with Crippen molar-refractivity contribution < 1.29 is 0 Å². The van der Waals surface area contributed by atoms with Gasteiger partial charge in [0.05, 0.1) is 0 Å². The maximum Gasteiger partial charge on any atom is 0.0236 e. The molecule has 0 saturated carbocycles. The first-order valence-corrected chi connectivity index (χ1v) is 7.33. The molecule has 0 spiro atoms. The third kappa shape index (κ3) is 4.30. The third-order valence-electron chi connectivity index (χ3n) is 4.08. The minimum absolute atomic E-state index is 1.06. The summed E-state index contributed by atoms with van der Waals surface area (Å²) in [7, 11) is 2.23. The second kappa shape index (κ2) is 7.04. The van der Waals surface area contributed by atoms with Crippen LogP contribution in [0.3, 0.4) is 0 Å². The van der Waals surface area contributed by atoms with Crippen LogP contribution in [0, 0.1) is 13.8 Å². The average Bonchev–Trinajstić information content (AvgIpc) is 2.42. The molecular formula is C16H27N3. The first kappa shape index (κ1) is 14.5. The zero-order valence-electron chi connectivity index (χ0n) is 12.6. The van der Waals surface area contributed by atoms with Crippen molar-refractivity contribution in [3.63, 3.8) is 0 Å². The Kier molecular flexibility index (Phi) is 5.37. The molecule has 0 aliphatic carbocycles. The van der Waals surface area contributed by atoms with Gasteiger partial charge in [0.2, 0.25) is 0 Å². The van der Waals surface area contributed by atoms with E-state index in [1.165, 1.54) is 36.3 Å². The Hall–Kier alpha value is -0.900. The third-order valence-corrected chi connectivity index (χ3v) is 4.08. The van der Waals surface area contributed by atoms with E-state index in [-0.39, 0.29) is 0 Å². The molecule has 2 rings (SSSR count). The summed E-state index contributed by atoms with van der Waals surface area (Å²) in [6.07, 6.45) is 0. The van der Waals surface area contributed by atoms with Crippen LogP contribution in [0.5, 0.6) is 0 Å². The van der Waals surface area contributed by atoms with Gasteiger partial charge in [-0.3, -0.25) is 4.90 Å². The lowest BCUT2D eigenvalue weighted by atomic mass is 10.0. The van der Waals surface area contributed by atoms with Crippen molar-refractivity contribution in [2.24, 2.45) is 0 Å². The molecule has 3 nitrogen and oxygen atoms in total. The quantitative estimate of drug-likeness (QED) is 0.869. The van der Waals surface area contributed by atoms with Crippen LogP contribution in [-0.2, 0) is 6.54 Å². The maximum absolute atomic E-state index is 3.40. The van der Waals surface area contributed by atoms with E-state index in [0.717, 1.165) is 26.2 Å². The van der Waals surface area contributed by atoms with Crippen LogP contribution in [0.1, 0.15) is 16.7 Å².